The fraction of sp³-hybridized carbons (Fsp3) is 0.476. The molecular weight excluding hydrogens is 370 g/mol. The number of aromatic nitrogens is 2. The van der Waals surface area contributed by atoms with Crippen molar-refractivity contribution in [1.29, 1.82) is 0 Å². The van der Waals surface area contributed by atoms with Crippen molar-refractivity contribution in [2.24, 2.45) is 0 Å². The van der Waals surface area contributed by atoms with Gasteiger partial charge in [-0.05, 0) is 45.9 Å². The minimum Gasteiger partial charge on any atom is -0.507 e. The number of ether oxygens (including phenoxy) is 1. The fourth-order valence-electron chi connectivity index (χ4n) is 3.87. The number of carbonyl (C=O) groups is 1. The number of carbonyl (C=O) groups excluding carboxylic acids is 1. The molecule has 8 heteroatoms. The molecule has 1 amide bonds. The first-order chi connectivity index (χ1) is 13.7. The molecule has 3 heterocycles. The summed E-state index contributed by atoms with van der Waals surface area (Å²) >= 11 is 0. The number of nitrogens with zero attached hydrogens (tertiary/aromatic N) is 4. The van der Waals surface area contributed by atoms with Crippen LogP contribution in [0.3, 0.4) is 0 Å². The summed E-state index contributed by atoms with van der Waals surface area (Å²) in [5.41, 5.74) is 1.68. The maximum absolute atomic E-state index is 12.5. The minimum atomic E-state index is -0.514. The van der Waals surface area contributed by atoms with Crippen molar-refractivity contribution >= 4 is 17.6 Å². The van der Waals surface area contributed by atoms with Crippen LogP contribution >= 0.6 is 0 Å². The van der Waals surface area contributed by atoms with Crippen molar-refractivity contribution in [3.63, 3.8) is 0 Å². The van der Waals surface area contributed by atoms with Gasteiger partial charge < -0.3 is 25.0 Å². The van der Waals surface area contributed by atoms with Crippen LogP contribution in [0.25, 0.3) is 11.3 Å². The summed E-state index contributed by atoms with van der Waals surface area (Å²) in [4.78, 5) is 16.6. The Morgan fingerprint density at radius 2 is 2.00 bits per heavy atom. The Morgan fingerprint density at radius 1 is 1.24 bits per heavy atom. The SMILES string of the molecule is C[C@@H]1Nc2nnc(-c3ccccc3O)cc2N2CCN(C(=O)OC(C)(C)C)C[C@@H]12. The van der Waals surface area contributed by atoms with Gasteiger partial charge in [-0.3, -0.25) is 0 Å². The van der Waals surface area contributed by atoms with E-state index >= 15 is 0 Å². The van der Waals surface area contributed by atoms with Crippen LogP contribution in [-0.2, 0) is 4.74 Å². The number of hydrogen-bond donors (Lipinski definition) is 2. The lowest BCUT2D eigenvalue weighted by atomic mass is 10.00. The molecule has 2 N–H and O–H groups in total. The summed E-state index contributed by atoms with van der Waals surface area (Å²) in [6.07, 6.45) is -0.280. The van der Waals surface area contributed by atoms with E-state index in [1.807, 2.05) is 39.0 Å². The molecule has 1 aromatic heterocycles. The Hall–Kier alpha value is -3.03. The first-order valence-corrected chi connectivity index (χ1v) is 9.90. The quantitative estimate of drug-likeness (QED) is 0.764. The molecule has 29 heavy (non-hydrogen) atoms. The van der Waals surface area contributed by atoms with E-state index in [1.54, 1.807) is 17.0 Å². The third-order valence-corrected chi connectivity index (χ3v) is 5.28. The number of hydrogen-bond acceptors (Lipinski definition) is 7. The lowest BCUT2D eigenvalue weighted by Gasteiger charge is -2.48. The molecular formula is C21H27N5O3. The number of phenols is 1. The monoisotopic (exact) mass is 397 g/mol. The number of amides is 1. The van der Waals surface area contributed by atoms with Gasteiger partial charge in [0.05, 0.1) is 17.4 Å². The Balaban J connectivity index is 1.60. The molecule has 0 spiro atoms. The van der Waals surface area contributed by atoms with Crippen LogP contribution < -0.4 is 10.2 Å². The van der Waals surface area contributed by atoms with E-state index in [-0.39, 0.29) is 23.9 Å². The second kappa shape index (κ2) is 7.09. The lowest BCUT2D eigenvalue weighted by molar-refractivity contribution is 0.0209. The number of para-hydroxylation sites is 1. The van der Waals surface area contributed by atoms with Crippen molar-refractivity contribution in [2.45, 2.75) is 45.4 Å². The van der Waals surface area contributed by atoms with Gasteiger partial charge in [0.25, 0.3) is 0 Å². The molecule has 2 aliphatic heterocycles. The number of anilines is 2. The molecule has 0 radical (unpaired) electrons. The lowest BCUT2D eigenvalue weighted by Crippen LogP contribution is -2.62. The van der Waals surface area contributed by atoms with Gasteiger partial charge in [0, 0.05) is 31.2 Å². The fourth-order valence-corrected chi connectivity index (χ4v) is 3.87. The first kappa shape index (κ1) is 19.3. The summed E-state index contributed by atoms with van der Waals surface area (Å²) in [7, 11) is 0. The number of piperazine rings is 1. The molecule has 8 nitrogen and oxygen atoms in total. The maximum Gasteiger partial charge on any atom is 0.410 e. The van der Waals surface area contributed by atoms with Crippen molar-refractivity contribution in [3.05, 3.63) is 30.3 Å². The van der Waals surface area contributed by atoms with Gasteiger partial charge in [-0.1, -0.05) is 12.1 Å². The van der Waals surface area contributed by atoms with Crippen molar-refractivity contribution < 1.29 is 14.6 Å². The molecule has 0 aliphatic carbocycles. The Labute approximate surface area is 170 Å². The topological polar surface area (TPSA) is 90.8 Å². The summed E-state index contributed by atoms with van der Waals surface area (Å²) in [5, 5.41) is 22.2. The number of rotatable bonds is 1. The van der Waals surface area contributed by atoms with Gasteiger partial charge in [-0.2, -0.15) is 0 Å². The molecule has 2 aliphatic rings. The molecule has 0 bridgehead atoms. The molecule has 1 saturated heterocycles. The highest BCUT2D eigenvalue weighted by molar-refractivity contribution is 5.77. The van der Waals surface area contributed by atoms with E-state index in [2.05, 4.69) is 27.3 Å². The third kappa shape index (κ3) is 3.79. The third-order valence-electron chi connectivity index (χ3n) is 5.28. The zero-order valence-electron chi connectivity index (χ0n) is 17.2. The second-order valence-electron chi connectivity index (χ2n) is 8.60. The van der Waals surface area contributed by atoms with E-state index < -0.39 is 5.60 Å². The average Bonchev–Trinajstić information content (AvgIpc) is 2.67. The zero-order chi connectivity index (χ0) is 20.8. The zero-order valence-corrected chi connectivity index (χ0v) is 17.2. The van der Waals surface area contributed by atoms with Crippen molar-refractivity contribution in [2.75, 3.05) is 29.9 Å². The van der Waals surface area contributed by atoms with E-state index in [4.69, 9.17) is 4.74 Å². The van der Waals surface area contributed by atoms with Crippen LogP contribution in [0.5, 0.6) is 5.75 Å². The first-order valence-electron chi connectivity index (χ1n) is 9.90. The number of fused-ring (bicyclic) bond motifs is 3. The highest BCUT2D eigenvalue weighted by atomic mass is 16.6. The molecule has 4 rings (SSSR count). The van der Waals surface area contributed by atoms with E-state index in [9.17, 15) is 9.90 Å². The van der Waals surface area contributed by atoms with Gasteiger partial charge in [0.1, 0.15) is 11.4 Å². The van der Waals surface area contributed by atoms with Crippen molar-refractivity contribution in [1.82, 2.24) is 15.1 Å². The number of aromatic hydroxyl groups is 1. The van der Waals surface area contributed by atoms with Crippen LogP contribution in [0, 0.1) is 0 Å². The van der Waals surface area contributed by atoms with Gasteiger partial charge >= 0.3 is 6.09 Å². The number of nitrogens with one attached hydrogen (secondary N) is 1. The average molecular weight is 397 g/mol. The standard InChI is InChI=1S/C21H27N5O3/c1-13-17-12-25(20(28)29-21(2,3)4)9-10-26(17)16-11-15(23-24-19(16)22-13)14-7-5-6-8-18(14)27/h5-8,11,13,17,27H,9-10,12H2,1-4H3,(H,22,24)/t13-,17-/m0/s1. The summed E-state index contributed by atoms with van der Waals surface area (Å²) in [6.45, 7) is 9.53. The molecule has 1 aromatic carbocycles. The summed E-state index contributed by atoms with van der Waals surface area (Å²) in [5.74, 6) is 0.892. The van der Waals surface area contributed by atoms with Gasteiger partial charge in [-0.15, -0.1) is 10.2 Å². The predicted octanol–water partition coefficient (Wildman–Crippen LogP) is 3.09. The smallest absolute Gasteiger partial charge is 0.410 e. The van der Waals surface area contributed by atoms with Gasteiger partial charge in [-0.25, -0.2) is 4.79 Å². The molecule has 2 aromatic rings. The number of benzene rings is 1. The highest BCUT2D eigenvalue weighted by Crippen LogP contribution is 2.37. The molecule has 2 atom stereocenters. The molecule has 1 fully saturated rings. The van der Waals surface area contributed by atoms with Crippen LogP contribution in [0.1, 0.15) is 27.7 Å². The Kier molecular flexibility index (Phi) is 4.72. The molecule has 0 saturated carbocycles. The normalized spacial score (nSPS) is 21.1. The van der Waals surface area contributed by atoms with E-state index in [0.717, 1.165) is 11.5 Å². The van der Waals surface area contributed by atoms with E-state index in [0.29, 0.717) is 30.9 Å². The second-order valence-corrected chi connectivity index (χ2v) is 8.60. The summed E-state index contributed by atoms with van der Waals surface area (Å²) in [6, 6.07) is 9.23. The minimum absolute atomic E-state index is 0.0881. The molecule has 0 unspecified atom stereocenters. The van der Waals surface area contributed by atoms with Gasteiger partial charge in [0.15, 0.2) is 5.82 Å². The Bertz CT molecular complexity index is 927. The summed E-state index contributed by atoms with van der Waals surface area (Å²) < 4.78 is 5.55. The van der Waals surface area contributed by atoms with Crippen LogP contribution in [0.4, 0.5) is 16.3 Å². The maximum atomic E-state index is 12.5. The van der Waals surface area contributed by atoms with Crippen LogP contribution in [-0.4, -0.2) is 63.6 Å². The number of phenolic OH excluding ortho intramolecular Hbond substituents is 1. The van der Waals surface area contributed by atoms with Crippen molar-refractivity contribution in [3.8, 4) is 17.0 Å². The predicted molar refractivity (Wildman–Crippen MR) is 111 cm³/mol. The van der Waals surface area contributed by atoms with Gasteiger partial charge in [0.2, 0.25) is 0 Å². The Morgan fingerprint density at radius 3 is 2.72 bits per heavy atom. The molecule has 154 valence electrons. The largest absolute Gasteiger partial charge is 0.507 e. The highest BCUT2D eigenvalue weighted by Gasteiger charge is 2.39. The van der Waals surface area contributed by atoms with Crippen LogP contribution in [0.15, 0.2) is 30.3 Å². The van der Waals surface area contributed by atoms with E-state index in [1.165, 1.54) is 0 Å². The van der Waals surface area contributed by atoms with Crippen LogP contribution in [0.2, 0.25) is 0 Å².